The number of carbonyl (C=O) groups is 1. The minimum Gasteiger partial charge on any atom is -0.395 e. The number of benzene rings is 2. The monoisotopic (exact) mass is 340 g/mol. The number of aliphatic hydroxyl groups excluding tert-OH is 1. The Balaban J connectivity index is 1.68. The lowest BCUT2D eigenvalue weighted by Crippen LogP contribution is -2.64. The van der Waals surface area contributed by atoms with Crippen molar-refractivity contribution in [2.24, 2.45) is 0 Å². The second-order valence-electron chi connectivity index (χ2n) is 6.31. The maximum Gasteiger partial charge on any atom is 0.246 e. The third-order valence-electron chi connectivity index (χ3n) is 4.69. The van der Waals surface area contributed by atoms with Crippen molar-refractivity contribution in [1.82, 2.24) is 10.6 Å². The van der Waals surface area contributed by atoms with E-state index in [-0.39, 0.29) is 37.1 Å². The van der Waals surface area contributed by atoms with Gasteiger partial charge >= 0.3 is 0 Å². The summed E-state index contributed by atoms with van der Waals surface area (Å²) in [7, 11) is 1.50. The van der Waals surface area contributed by atoms with Gasteiger partial charge in [-0.15, -0.1) is 0 Å². The van der Waals surface area contributed by atoms with Gasteiger partial charge in [0, 0.05) is 31.7 Å². The van der Waals surface area contributed by atoms with Gasteiger partial charge in [-0.2, -0.15) is 0 Å². The molecule has 2 aromatic carbocycles. The second kappa shape index (κ2) is 8.25. The summed E-state index contributed by atoms with van der Waals surface area (Å²) in [6.07, 6.45) is 0. The highest BCUT2D eigenvalue weighted by Crippen LogP contribution is 2.33. The molecule has 132 valence electrons. The molecule has 0 saturated carbocycles. The Morgan fingerprint density at radius 1 is 1.08 bits per heavy atom. The van der Waals surface area contributed by atoms with E-state index in [1.165, 1.54) is 23.8 Å². The highest BCUT2D eigenvalue weighted by Gasteiger charge is 2.40. The Morgan fingerprint density at radius 2 is 1.76 bits per heavy atom. The fraction of sp³-hybridized carbons (Fsp3) is 0.350. The summed E-state index contributed by atoms with van der Waals surface area (Å²) < 4.78 is 4.82. The number of ether oxygens (including phenoxy) is 1. The van der Waals surface area contributed by atoms with Crippen molar-refractivity contribution in [3.05, 3.63) is 60.2 Å². The standard InChI is InChI=1S/C20H24N2O3/c1-25-13-19(24)21-11-17-20(18(12-23)22-17)16-9-7-15(8-10-16)14-5-3-2-4-6-14/h2-10,17-18,20,22-23H,11-13H2,1H3,(H,21,24)/t17-,18+,20+/m0/s1. The number of amides is 1. The zero-order chi connectivity index (χ0) is 17.6. The maximum atomic E-state index is 11.6. The lowest BCUT2D eigenvalue weighted by Gasteiger charge is -2.46. The molecule has 5 nitrogen and oxygen atoms in total. The largest absolute Gasteiger partial charge is 0.395 e. The predicted octanol–water partition coefficient (Wildman–Crippen LogP) is 1.53. The van der Waals surface area contributed by atoms with Crippen LogP contribution in [0.1, 0.15) is 11.5 Å². The van der Waals surface area contributed by atoms with Gasteiger partial charge in [-0.3, -0.25) is 4.79 Å². The van der Waals surface area contributed by atoms with Crippen LogP contribution in [0.2, 0.25) is 0 Å². The van der Waals surface area contributed by atoms with Crippen LogP contribution in [0.5, 0.6) is 0 Å². The number of methoxy groups -OCH3 is 1. The molecular formula is C20H24N2O3. The topological polar surface area (TPSA) is 70.6 Å². The summed E-state index contributed by atoms with van der Waals surface area (Å²) in [6, 6.07) is 18.8. The van der Waals surface area contributed by atoms with Crippen LogP contribution in [0.25, 0.3) is 11.1 Å². The van der Waals surface area contributed by atoms with Crippen molar-refractivity contribution in [1.29, 1.82) is 0 Å². The number of hydrogen-bond donors (Lipinski definition) is 3. The van der Waals surface area contributed by atoms with Gasteiger partial charge in [0.05, 0.1) is 6.61 Å². The minimum absolute atomic E-state index is 0.0203. The van der Waals surface area contributed by atoms with E-state index in [0.717, 1.165) is 0 Å². The summed E-state index contributed by atoms with van der Waals surface area (Å²) in [5, 5.41) is 15.7. The molecule has 3 atom stereocenters. The van der Waals surface area contributed by atoms with Gasteiger partial charge in [0.15, 0.2) is 0 Å². The van der Waals surface area contributed by atoms with Gasteiger partial charge in [0.25, 0.3) is 0 Å². The number of rotatable bonds is 7. The lowest BCUT2D eigenvalue weighted by atomic mass is 9.77. The number of hydrogen-bond acceptors (Lipinski definition) is 4. The molecule has 0 bridgehead atoms. The van der Waals surface area contributed by atoms with E-state index in [1.807, 2.05) is 18.2 Å². The van der Waals surface area contributed by atoms with Crippen LogP contribution in [-0.4, -0.2) is 50.0 Å². The molecule has 1 fully saturated rings. The molecule has 1 heterocycles. The van der Waals surface area contributed by atoms with Gasteiger partial charge < -0.3 is 20.5 Å². The van der Waals surface area contributed by atoms with E-state index in [9.17, 15) is 9.90 Å². The predicted molar refractivity (Wildman–Crippen MR) is 97.3 cm³/mol. The first-order valence-electron chi connectivity index (χ1n) is 8.51. The van der Waals surface area contributed by atoms with Crippen molar-refractivity contribution >= 4 is 5.91 Å². The van der Waals surface area contributed by atoms with Gasteiger partial charge in [-0.05, 0) is 16.7 Å². The quantitative estimate of drug-likeness (QED) is 0.715. The van der Waals surface area contributed by atoms with E-state index < -0.39 is 0 Å². The maximum absolute atomic E-state index is 11.6. The van der Waals surface area contributed by atoms with Crippen LogP contribution >= 0.6 is 0 Å². The van der Waals surface area contributed by atoms with Crippen LogP contribution in [0.4, 0.5) is 0 Å². The van der Waals surface area contributed by atoms with E-state index >= 15 is 0 Å². The normalized spacial score (nSPS) is 22.2. The SMILES string of the molecule is COCC(=O)NC[C@@H]1N[C@H](CO)[C@@H]1c1ccc(-c2ccccc2)cc1. The zero-order valence-corrected chi connectivity index (χ0v) is 14.3. The molecule has 2 aromatic rings. The van der Waals surface area contributed by atoms with Gasteiger partial charge in [0.1, 0.15) is 6.61 Å². The summed E-state index contributed by atoms with van der Waals surface area (Å²) in [5.74, 6) is 0.0487. The smallest absolute Gasteiger partial charge is 0.246 e. The molecular weight excluding hydrogens is 316 g/mol. The summed E-state index contributed by atoms with van der Waals surface area (Å²) >= 11 is 0. The molecule has 1 amide bonds. The van der Waals surface area contributed by atoms with Crippen LogP contribution < -0.4 is 10.6 Å². The molecule has 0 radical (unpaired) electrons. The van der Waals surface area contributed by atoms with Crippen LogP contribution in [0.3, 0.4) is 0 Å². The van der Waals surface area contributed by atoms with Crippen LogP contribution in [-0.2, 0) is 9.53 Å². The molecule has 0 unspecified atom stereocenters. The van der Waals surface area contributed by atoms with Gasteiger partial charge in [-0.25, -0.2) is 0 Å². The fourth-order valence-corrected chi connectivity index (χ4v) is 3.40. The van der Waals surface area contributed by atoms with Crippen LogP contribution in [0.15, 0.2) is 54.6 Å². The molecule has 1 aliphatic heterocycles. The Hall–Kier alpha value is -2.21. The molecule has 1 aliphatic rings. The molecule has 0 spiro atoms. The van der Waals surface area contributed by atoms with Gasteiger partial charge in [-0.1, -0.05) is 54.6 Å². The molecule has 3 N–H and O–H groups in total. The van der Waals surface area contributed by atoms with Crippen LogP contribution in [0, 0.1) is 0 Å². The van der Waals surface area contributed by atoms with Crippen molar-refractivity contribution < 1.29 is 14.6 Å². The fourth-order valence-electron chi connectivity index (χ4n) is 3.40. The van der Waals surface area contributed by atoms with Gasteiger partial charge in [0.2, 0.25) is 5.91 Å². The van der Waals surface area contributed by atoms with E-state index in [2.05, 4.69) is 47.0 Å². The molecule has 0 aliphatic carbocycles. The van der Waals surface area contributed by atoms with E-state index in [1.54, 1.807) is 0 Å². The summed E-state index contributed by atoms with van der Waals surface area (Å²) in [5.41, 5.74) is 3.52. The molecule has 0 aromatic heterocycles. The number of nitrogens with one attached hydrogen (secondary N) is 2. The third-order valence-corrected chi connectivity index (χ3v) is 4.69. The van der Waals surface area contributed by atoms with Crippen molar-refractivity contribution in [2.75, 3.05) is 26.9 Å². The van der Waals surface area contributed by atoms with Crippen molar-refractivity contribution in [3.63, 3.8) is 0 Å². The Labute approximate surface area is 148 Å². The highest BCUT2D eigenvalue weighted by molar-refractivity contribution is 5.77. The molecule has 1 saturated heterocycles. The molecule has 5 heteroatoms. The first kappa shape index (κ1) is 17.6. The Morgan fingerprint density at radius 3 is 2.40 bits per heavy atom. The Bertz CT molecular complexity index is 688. The Kier molecular flexibility index (Phi) is 5.81. The summed E-state index contributed by atoms with van der Waals surface area (Å²) in [6.45, 7) is 0.657. The minimum atomic E-state index is -0.130. The average molecular weight is 340 g/mol. The van der Waals surface area contributed by atoms with E-state index in [4.69, 9.17) is 4.74 Å². The van der Waals surface area contributed by atoms with Crippen molar-refractivity contribution in [3.8, 4) is 11.1 Å². The number of aliphatic hydroxyl groups is 1. The first-order valence-corrected chi connectivity index (χ1v) is 8.51. The lowest BCUT2D eigenvalue weighted by molar-refractivity contribution is -0.125. The first-order chi connectivity index (χ1) is 12.2. The van der Waals surface area contributed by atoms with Crippen molar-refractivity contribution in [2.45, 2.75) is 18.0 Å². The second-order valence-corrected chi connectivity index (χ2v) is 6.31. The number of carbonyl (C=O) groups excluding carboxylic acids is 1. The highest BCUT2D eigenvalue weighted by atomic mass is 16.5. The summed E-state index contributed by atoms with van der Waals surface area (Å²) in [4.78, 5) is 11.6. The van der Waals surface area contributed by atoms with E-state index in [0.29, 0.717) is 6.54 Å². The molecule has 25 heavy (non-hydrogen) atoms. The zero-order valence-electron chi connectivity index (χ0n) is 14.3. The third kappa shape index (κ3) is 4.07. The molecule has 3 rings (SSSR count). The average Bonchev–Trinajstić information content (AvgIpc) is 2.63.